The minimum absolute atomic E-state index is 0.118. The minimum atomic E-state index is -0.860. The van der Waals surface area contributed by atoms with E-state index in [1.807, 2.05) is 0 Å². The van der Waals surface area contributed by atoms with Gasteiger partial charge in [0.05, 0.1) is 5.60 Å². The zero-order chi connectivity index (χ0) is 10.8. The highest BCUT2D eigenvalue weighted by Gasteiger charge is 2.15. The average molecular weight is 193 g/mol. The molecule has 0 saturated carbocycles. The number of carbonyl (C=O) groups excluding carboxylic acids is 1. The molecule has 1 aromatic rings. The SMILES string of the molecule is CNC(=O)c1ccc(C(C)(C)O)cc1. The summed E-state index contributed by atoms with van der Waals surface area (Å²) < 4.78 is 0. The maximum Gasteiger partial charge on any atom is 0.251 e. The number of hydrogen-bond acceptors (Lipinski definition) is 2. The predicted molar refractivity (Wildman–Crippen MR) is 55.1 cm³/mol. The van der Waals surface area contributed by atoms with Gasteiger partial charge in [-0.05, 0) is 31.5 Å². The van der Waals surface area contributed by atoms with Crippen molar-refractivity contribution in [1.29, 1.82) is 0 Å². The molecule has 0 aliphatic heterocycles. The molecule has 0 unspecified atom stereocenters. The van der Waals surface area contributed by atoms with Crippen molar-refractivity contribution in [2.24, 2.45) is 0 Å². The third-order valence-electron chi connectivity index (χ3n) is 2.08. The molecule has 0 saturated heterocycles. The van der Waals surface area contributed by atoms with Gasteiger partial charge in [-0.15, -0.1) is 0 Å². The van der Waals surface area contributed by atoms with Crippen LogP contribution in [0.3, 0.4) is 0 Å². The first kappa shape index (κ1) is 10.7. The smallest absolute Gasteiger partial charge is 0.251 e. The van der Waals surface area contributed by atoms with E-state index in [0.29, 0.717) is 5.56 Å². The molecule has 0 bridgehead atoms. The molecule has 76 valence electrons. The van der Waals surface area contributed by atoms with Gasteiger partial charge < -0.3 is 10.4 Å². The molecule has 0 radical (unpaired) electrons. The van der Waals surface area contributed by atoms with Crippen molar-refractivity contribution in [3.63, 3.8) is 0 Å². The zero-order valence-electron chi connectivity index (χ0n) is 8.66. The minimum Gasteiger partial charge on any atom is -0.386 e. The van der Waals surface area contributed by atoms with Crippen molar-refractivity contribution in [2.75, 3.05) is 7.05 Å². The molecule has 1 rings (SSSR count). The summed E-state index contributed by atoms with van der Waals surface area (Å²) in [5.41, 5.74) is 0.534. The molecule has 3 nitrogen and oxygen atoms in total. The van der Waals surface area contributed by atoms with Crippen LogP contribution >= 0.6 is 0 Å². The summed E-state index contributed by atoms with van der Waals surface area (Å²) in [4.78, 5) is 11.2. The van der Waals surface area contributed by atoms with Gasteiger partial charge in [0, 0.05) is 12.6 Å². The highest BCUT2D eigenvalue weighted by molar-refractivity contribution is 5.93. The molecule has 0 aliphatic carbocycles. The number of amides is 1. The van der Waals surface area contributed by atoms with Gasteiger partial charge in [-0.3, -0.25) is 4.79 Å². The number of rotatable bonds is 2. The fourth-order valence-electron chi connectivity index (χ4n) is 1.17. The van der Waals surface area contributed by atoms with Crippen molar-refractivity contribution in [3.8, 4) is 0 Å². The van der Waals surface area contributed by atoms with Crippen LogP contribution in [0.25, 0.3) is 0 Å². The van der Waals surface area contributed by atoms with Crippen LogP contribution in [0.1, 0.15) is 29.8 Å². The van der Waals surface area contributed by atoms with E-state index >= 15 is 0 Å². The van der Waals surface area contributed by atoms with Gasteiger partial charge in [0.1, 0.15) is 0 Å². The van der Waals surface area contributed by atoms with E-state index in [4.69, 9.17) is 0 Å². The van der Waals surface area contributed by atoms with Crippen molar-refractivity contribution in [1.82, 2.24) is 5.32 Å². The quantitative estimate of drug-likeness (QED) is 0.743. The van der Waals surface area contributed by atoms with E-state index in [-0.39, 0.29) is 5.91 Å². The Morgan fingerprint density at radius 2 is 1.79 bits per heavy atom. The van der Waals surface area contributed by atoms with Gasteiger partial charge >= 0.3 is 0 Å². The first-order valence-electron chi connectivity index (χ1n) is 4.50. The van der Waals surface area contributed by atoms with Crippen LogP contribution in [0.15, 0.2) is 24.3 Å². The fourth-order valence-corrected chi connectivity index (χ4v) is 1.17. The Morgan fingerprint density at radius 3 is 2.14 bits per heavy atom. The van der Waals surface area contributed by atoms with E-state index in [1.54, 1.807) is 45.2 Å². The van der Waals surface area contributed by atoms with E-state index in [2.05, 4.69) is 5.32 Å². The van der Waals surface area contributed by atoms with E-state index in [1.165, 1.54) is 0 Å². The Kier molecular flexibility index (Phi) is 2.91. The van der Waals surface area contributed by atoms with Crippen LogP contribution in [0.5, 0.6) is 0 Å². The van der Waals surface area contributed by atoms with Crippen LogP contribution in [0, 0.1) is 0 Å². The van der Waals surface area contributed by atoms with Gasteiger partial charge in [0.2, 0.25) is 0 Å². The number of aliphatic hydroxyl groups is 1. The van der Waals surface area contributed by atoms with Gasteiger partial charge in [-0.2, -0.15) is 0 Å². The van der Waals surface area contributed by atoms with Crippen LogP contribution < -0.4 is 5.32 Å². The summed E-state index contributed by atoms with van der Waals surface area (Å²) in [6, 6.07) is 6.91. The fraction of sp³-hybridized carbons (Fsp3) is 0.364. The van der Waals surface area contributed by atoms with Gasteiger partial charge in [-0.1, -0.05) is 12.1 Å². The first-order chi connectivity index (χ1) is 6.45. The monoisotopic (exact) mass is 193 g/mol. The molecule has 0 aromatic heterocycles. The molecule has 3 heteroatoms. The summed E-state index contributed by atoms with van der Waals surface area (Å²) >= 11 is 0. The number of benzene rings is 1. The van der Waals surface area contributed by atoms with Crippen molar-refractivity contribution >= 4 is 5.91 Å². The van der Waals surface area contributed by atoms with Crippen molar-refractivity contribution in [3.05, 3.63) is 35.4 Å². The highest BCUT2D eigenvalue weighted by Crippen LogP contribution is 2.19. The summed E-state index contributed by atoms with van der Waals surface area (Å²) in [6.07, 6.45) is 0. The maximum atomic E-state index is 11.2. The number of carbonyl (C=O) groups is 1. The Balaban J connectivity index is 2.95. The maximum absolute atomic E-state index is 11.2. The topological polar surface area (TPSA) is 49.3 Å². The predicted octanol–water partition coefficient (Wildman–Crippen LogP) is 1.27. The van der Waals surface area contributed by atoms with E-state index < -0.39 is 5.60 Å². The van der Waals surface area contributed by atoms with Gasteiger partial charge in [0.15, 0.2) is 0 Å². The average Bonchev–Trinajstić information content (AvgIpc) is 2.15. The molecule has 0 spiro atoms. The largest absolute Gasteiger partial charge is 0.386 e. The lowest BCUT2D eigenvalue weighted by Crippen LogP contribution is -2.19. The summed E-state index contributed by atoms with van der Waals surface area (Å²) in [5, 5.41) is 12.2. The first-order valence-corrected chi connectivity index (χ1v) is 4.50. The molecule has 1 amide bonds. The second-order valence-electron chi connectivity index (χ2n) is 3.72. The van der Waals surface area contributed by atoms with Gasteiger partial charge in [0.25, 0.3) is 5.91 Å². The third kappa shape index (κ3) is 2.33. The summed E-state index contributed by atoms with van der Waals surface area (Å²) in [5.74, 6) is -0.118. The van der Waals surface area contributed by atoms with E-state index in [0.717, 1.165) is 5.56 Å². The molecule has 0 aliphatic rings. The lowest BCUT2D eigenvalue weighted by Gasteiger charge is -2.17. The van der Waals surface area contributed by atoms with Crippen LogP contribution in [-0.2, 0) is 5.60 Å². The molecular formula is C11H15NO2. The van der Waals surface area contributed by atoms with Crippen molar-refractivity contribution in [2.45, 2.75) is 19.4 Å². The lowest BCUT2D eigenvalue weighted by atomic mass is 9.97. The highest BCUT2D eigenvalue weighted by atomic mass is 16.3. The Labute approximate surface area is 83.8 Å². The van der Waals surface area contributed by atoms with E-state index in [9.17, 15) is 9.90 Å². The molecule has 14 heavy (non-hydrogen) atoms. The standard InChI is InChI=1S/C11H15NO2/c1-11(2,14)9-6-4-8(5-7-9)10(13)12-3/h4-7,14H,1-3H3,(H,12,13). The molecule has 2 N–H and O–H groups in total. The Hall–Kier alpha value is -1.35. The lowest BCUT2D eigenvalue weighted by molar-refractivity contribution is 0.0784. The Morgan fingerprint density at radius 1 is 1.29 bits per heavy atom. The van der Waals surface area contributed by atoms with Gasteiger partial charge in [-0.25, -0.2) is 0 Å². The number of nitrogens with one attached hydrogen (secondary N) is 1. The van der Waals surface area contributed by atoms with Crippen LogP contribution in [0.4, 0.5) is 0 Å². The number of hydrogen-bond donors (Lipinski definition) is 2. The second-order valence-corrected chi connectivity index (χ2v) is 3.72. The van der Waals surface area contributed by atoms with Crippen molar-refractivity contribution < 1.29 is 9.90 Å². The molecule has 0 atom stereocenters. The van der Waals surface area contributed by atoms with Crippen LogP contribution in [-0.4, -0.2) is 18.1 Å². The zero-order valence-corrected chi connectivity index (χ0v) is 8.66. The summed E-state index contributed by atoms with van der Waals surface area (Å²) in [6.45, 7) is 3.42. The second kappa shape index (κ2) is 3.80. The molecular weight excluding hydrogens is 178 g/mol. The molecule has 0 fully saturated rings. The third-order valence-corrected chi connectivity index (χ3v) is 2.08. The Bertz CT molecular complexity index is 322. The summed E-state index contributed by atoms with van der Waals surface area (Å²) in [7, 11) is 1.59. The molecule has 1 aromatic carbocycles. The van der Waals surface area contributed by atoms with Crippen LogP contribution in [0.2, 0.25) is 0 Å². The normalized spacial score (nSPS) is 11.1. The molecule has 0 heterocycles.